The molecule has 1 N–H and O–H groups in total. The smallest absolute Gasteiger partial charge is 0.218 e. The quantitative estimate of drug-likeness (QED) is 0.715. The molecular weight excluding hydrogens is 382 g/mol. The lowest BCUT2D eigenvalue weighted by Crippen LogP contribution is -2.43. The molecule has 1 aliphatic heterocycles. The molecule has 1 atom stereocenters. The predicted molar refractivity (Wildman–Crippen MR) is 121 cm³/mol. The first-order valence-corrected chi connectivity index (χ1v) is 12.1. The van der Waals surface area contributed by atoms with Crippen LogP contribution in [0.3, 0.4) is 0 Å². The minimum Gasteiger partial charge on any atom is -0.369 e. The van der Waals surface area contributed by atoms with Gasteiger partial charge in [-0.15, -0.1) is 0 Å². The Hall–Kier alpha value is -1.89. The first-order chi connectivity index (χ1) is 13.9. The highest BCUT2D eigenvalue weighted by Gasteiger charge is 2.29. The van der Waals surface area contributed by atoms with E-state index in [2.05, 4.69) is 48.3 Å². The number of benzene rings is 2. The first kappa shape index (κ1) is 21.8. The van der Waals surface area contributed by atoms with E-state index in [1.54, 1.807) is 4.31 Å². The summed E-state index contributed by atoms with van der Waals surface area (Å²) < 4.78 is 28.2. The molecule has 0 radical (unpaired) electrons. The monoisotopic (exact) mass is 415 g/mol. The second-order valence-electron chi connectivity index (χ2n) is 8.21. The summed E-state index contributed by atoms with van der Waals surface area (Å²) in [6.07, 6.45) is 0. The molecule has 0 bridgehead atoms. The van der Waals surface area contributed by atoms with Crippen LogP contribution in [0.5, 0.6) is 0 Å². The van der Waals surface area contributed by atoms with Gasteiger partial charge >= 0.3 is 0 Å². The third kappa shape index (κ3) is 5.81. The third-order valence-electron chi connectivity index (χ3n) is 5.38. The molecule has 29 heavy (non-hydrogen) atoms. The van der Waals surface area contributed by atoms with Crippen molar-refractivity contribution in [2.45, 2.75) is 32.6 Å². The highest BCUT2D eigenvalue weighted by molar-refractivity contribution is 7.88. The van der Waals surface area contributed by atoms with Crippen LogP contribution in [0.25, 0.3) is 0 Å². The van der Waals surface area contributed by atoms with E-state index in [0.29, 0.717) is 6.54 Å². The summed E-state index contributed by atoms with van der Waals surface area (Å²) in [7, 11) is -3.43. The molecule has 1 heterocycles. The maximum atomic E-state index is 13.3. The average Bonchev–Trinajstić information content (AvgIpc) is 2.72. The van der Waals surface area contributed by atoms with Gasteiger partial charge < -0.3 is 10.2 Å². The van der Waals surface area contributed by atoms with Crippen LogP contribution in [0.2, 0.25) is 0 Å². The van der Waals surface area contributed by atoms with E-state index < -0.39 is 10.0 Å². The summed E-state index contributed by atoms with van der Waals surface area (Å²) >= 11 is 0. The molecule has 2 aromatic carbocycles. The van der Waals surface area contributed by atoms with Crippen molar-refractivity contribution in [3.05, 3.63) is 65.7 Å². The molecule has 1 aliphatic rings. The average molecular weight is 416 g/mol. The molecule has 3 rings (SSSR count). The molecule has 1 saturated heterocycles. The number of anilines is 1. The Morgan fingerprint density at radius 3 is 2.17 bits per heavy atom. The zero-order valence-electron chi connectivity index (χ0n) is 17.7. The molecule has 2 aromatic rings. The van der Waals surface area contributed by atoms with E-state index in [4.69, 9.17) is 0 Å². The predicted octanol–water partition coefficient (Wildman–Crippen LogP) is 3.65. The number of nitrogens with zero attached hydrogens (tertiary/aromatic N) is 2. The van der Waals surface area contributed by atoms with Crippen molar-refractivity contribution in [1.82, 2.24) is 9.62 Å². The van der Waals surface area contributed by atoms with Crippen LogP contribution in [-0.4, -0.2) is 45.4 Å². The molecule has 158 valence electrons. The fourth-order valence-corrected chi connectivity index (χ4v) is 5.70. The van der Waals surface area contributed by atoms with Gasteiger partial charge in [-0.05, 0) is 36.1 Å². The molecule has 0 unspecified atom stereocenters. The maximum absolute atomic E-state index is 13.3. The molecule has 6 heteroatoms. The Balaban J connectivity index is 1.80. The van der Waals surface area contributed by atoms with Crippen molar-refractivity contribution in [3.8, 4) is 0 Å². The van der Waals surface area contributed by atoms with E-state index in [1.807, 2.05) is 37.3 Å². The Bertz CT molecular complexity index is 861. The van der Waals surface area contributed by atoms with Gasteiger partial charge in [0.15, 0.2) is 0 Å². The van der Waals surface area contributed by atoms with Gasteiger partial charge in [0.25, 0.3) is 0 Å². The minimum absolute atomic E-state index is 0.0315. The van der Waals surface area contributed by atoms with Crippen molar-refractivity contribution >= 4 is 15.7 Å². The number of nitrogens with one attached hydrogen (secondary N) is 1. The van der Waals surface area contributed by atoms with Crippen LogP contribution in [-0.2, 0) is 15.8 Å². The topological polar surface area (TPSA) is 52.6 Å². The lowest BCUT2D eigenvalue weighted by Gasteiger charge is -2.32. The van der Waals surface area contributed by atoms with E-state index in [1.165, 1.54) is 5.69 Å². The summed E-state index contributed by atoms with van der Waals surface area (Å²) in [4.78, 5) is 2.36. The molecule has 5 nitrogen and oxygen atoms in total. The van der Waals surface area contributed by atoms with E-state index in [9.17, 15) is 8.42 Å². The summed E-state index contributed by atoms with van der Waals surface area (Å²) in [5.74, 6) is 0.284. The van der Waals surface area contributed by atoms with Crippen molar-refractivity contribution < 1.29 is 8.42 Å². The highest BCUT2D eigenvalue weighted by Crippen LogP contribution is 2.28. The van der Waals surface area contributed by atoms with Gasteiger partial charge in [-0.25, -0.2) is 8.42 Å². The maximum Gasteiger partial charge on any atom is 0.218 e. The van der Waals surface area contributed by atoms with Gasteiger partial charge in [-0.1, -0.05) is 56.3 Å². The Morgan fingerprint density at radius 2 is 1.59 bits per heavy atom. The summed E-state index contributed by atoms with van der Waals surface area (Å²) in [6.45, 7) is 10.6. The standard InChI is InChI=1S/C23H33N3O2S/c1-19(2)17-26(29(27,28)18-21-7-5-4-6-8-21)20(3)22-9-11-23(12-10-22)25-15-13-24-14-16-25/h4-12,19-20,24H,13-18H2,1-3H3/t20-/m1/s1. The number of rotatable bonds is 8. The molecule has 0 aromatic heterocycles. The fourth-order valence-electron chi connectivity index (χ4n) is 3.79. The summed E-state index contributed by atoms with van der Waals surface area (Å²) in [5.41, 5.74) is 3.05. The number of sulfonamides is 1. The normalized spacial score (nSPS) is 16.4. The van der Waals surface area contributed by atoms with Crippen LogP contribution >= 0.6 is 0 Å². The second kappa shape index (κ2) is 9.74. The molecule has 0 amide bonds. The highest BCUT2D eigenvalue weighted by atomic mass is 32.2. The lowest BCUT2D eigenvalue weighted by atomic mass is 10.1. The van der Waals surface area contributed by atoms with Gasteiger partial charge in [-0.2, -0.15) is 4.31 Å². The minimum atomic E-state index is -3.43. The number of piperazine rings is 1. The molecule has 0 aliphatic carbocycles. The molecular formula is C23H33N3O2S. The zero-order chi connectivity index (χ0) is 20.9. The Kier molecular flexibility index (Phi) is 7.33. The van der Waals surface area contributed by atoms with Gasteiger partial charge in [0.05, 0.1) is 5.75 Å². The van der Waals surface area contributed by atoms with Crippen LogP contribution < -0.4 is 10.2 Å². The Labute approximate surface area is 175 Å². The van der Waals surface area contributed by atoms with Crippen molar-refractivity contribution in [2.24, 2.45) is 5.92 Å². The van der Waals surface area contributed by atoms with Gasteiger partial charge in [0.2, 0.25) is 10.0 Å². The van der Waals surface area contributed by atoms with E-state index in [-0.39, 0.29) is 17.7 Å². The van der Waals surface area contributed by atoms with E-state index >= 15 is 0 Å². The molecule has 0 spiro atoms. The lowest BCUT2D eigenvalue weighted by molar-refractivity contribution is 0.308. The third-order valence-corrected chi connectivity index (χ3v) is 7.26. The largest absolute Gasteiger partial charge is 0.369 e. The van der Waals surface area contributed by atoms with Crippen LogP contribution in [0.1, 0.15) is 37.9 Å². The van der Waals surface area contributed by atoms with Crippen molar-refractivity contribution in [1.29, 1.82) is 0 Å². The fraction of sp³-hybridized carbons (Fsp3) is 0.478. The van der Waals surface area contributed by atoms with Gasteiger partial charge in [-0.3, -0.25) is 0 Å². The second-order valence-corrected chi connectivity index (χ2v) is 10.1. The van der Waals surface area contributed by atoms with Crippen molar-refractivity contribution in [2.75, 3.05) is 37.6 Å². The first-order valence-electron chi connectivity index (χ1n) is 10.5. The molecule has 1 fully saturated rings. The Morgan fingerprint density at radius 1 is 0.966 bits per heavy atom. The van der Waals surface area contributed by atoms with Crippen molar-refractivity contribution in [3.63, 3.8) is 0 Å². The number of hydrogen-bond acceptors (Lipinski definition) is 4. The molecule has 0 saturated carbocycles. The van der Waals surface area contributed by atoms with Crippen LogP contribution in [0.15, 0.2) is 54.6 Å². The summed E-state index contributed by atoms with van der Waals surface area (Å²) in [5, 5.41) is 3.37. The number of hydrogen-bond donors (Lipinski definition) is 1. The van der Waals surface area contributed by atoms with Gasteiger partial charge in [0, 0.05) is 44.5 Å². The summed E-state index contributed by atoms with van der Waals surface area (Å²) in [6, 6.07) is 17.6. The van der Waals surface area contributed by atoms with Crippen LogP contribution in [0.4, 0.5) is 5.69 Å². The SMILES string of the molecule is CC(C)CN([C@H](C)c1ccc(N2CCNCC2)cc1)S(=O)(=O)Cc1ccccc1. The zero-order valence-corrected chi connectivity index (χ0v) is 18.5. The van der Waals surface area contributed by atoms with Gasteiger partial charge in [0.1, 0.15) is 0 Å². The van der Waals surface area contributed by atoms with E-state index in [0.717, 1.165) is 37.3 Å². The van der Waals surface area contributed by atoms with Crippen LogP contribution in [0, 0.1) is 5.92 Å².